The van der Waals surface area contributed by atoms with Crippen LogP contribution in [0.2, 0.25) is 0 Å². The Kier molecular flexibility index (Phi) is 5.05. The van der Waals surface area contributed by atoms with E-state index in [2.05, 4.69) is 4.90 Å². The zero-order chi connectivity index (χ0) is 14.6. The fourth-order valence-corrected chi connectivity index (χ4v) is 1.91. The van der Waals surface area contributed by atoms with Crippen LogP contribution in [0.4, 0.5) is 0 Å². The van der Waals surface area contributed by atoms with Crippen molar-refractivity contribution in [2.24, 2.45) is 0 Å². The predicted octanol–water partition coefficient (Wildman–Crippen LogP) is 0.138. The molecule has 1 heterocycles. The van der Waals surface area contributed by atoms with Crippen molar-refractivity contribution in [3.63, 3.8) is 0 Å². The van der Waals surface area contributed by atoms with Gasteiger partial charge in [0.05, 0.1) is 0 Å². The lowest BCUT2D eigenvalue weighted by atomic mass is 10.2. The van der Waals surface area contributed by atoms with Crippen LogP contribution in [0.1, 0.15) is 37.2 Å². The number of aromatic nitrogens is 2. The lowest BCUT2D eigenvalue weighted by Crippen LogP contribution is -2.38. The van der Waals surface area contributed by atoms with Crippen molar-refractivity contribution in [3.05, 3.63) is 32.6 Å². The highest BCUT2D eigenvalue weighted by Gasteiger charge is 2.16. The standard InChI is InChI=1S/C12H19N3O4/c1-4-14(5-2)6-8(3)15-7-9(11(17)18)10(16)13-12(15)19/h7-8H,4-6H2,1-3H3,(H,17,18)(H,13,16,19). The minimum Gasteiger partial charge on any atom is -0.477 e. The van der Waals surface area contributed by atoms with Crippen LogP contribution in [0, 0.1) is 0 Å². The van der Waals surface area contributed by atoms with E-state index in [9.17, 15) is 14.4 Å². The van der Waals surface area contributed by atoms with Crippen molar-refractivity contribution in [1.29, 1.82) is 0 Å². The van der Waals surface area contributed by atoms with Crippen LogP contribution >= 0.6 is 0 Å². The summed E-state index contributed by atoms with van der Waals surface area (Å²) in [6, 6.07) is -0.220. The average Bonchev–Trinajstić information content (AvgIpc) is 2.35. The maximum absolute atomic E-state index is 11.7. The molecule has 0 aromatic carbocycles. The third kappa shape index (κ3) is 3.54. The van der Waals surface area contributed by atoms with Gasteiger partial charge in [-0.25, -0.2) is 9.59 Å². The second-order valence-corrected chi connectivity index (χ2v) is 4.35. The number of carboxylic acids is 1. The minimum absolute atomic E-state index is 0.220. The van der Waals surface area contributed by atoms with Crippen LogP contribution in [-0.2, 0) is 0 Å². The van der Waals surface area contributed by atoms with Gasteiger partial charge < -0.3 is 10.0 Å². The molecule has 0 aliphatic carbocycles. The van der Waals surface area contributed by atoms with E-state index in [4.69, 9.17) is 5.11 Å². The zero-order valence-corrected chi connectivity index (χ0v) is 11.3. The number of nitrogens with zero attached hydrogens (tertiary/aromatic N) is 2. The van der Waals surface area contributed by atoms with Gasteiger partial charge in [-0.05, 0) is 20.0 Å². The number of carbonyl (C=O) groups is 1. The van der Waals surface area contributed by atoms with E-state index < -0.39 is 22.8 Å². The molecule has 1 aromatic rings. The van der Waals surface area contributed by atoms with Gasteiger partial charge in [-0.1, -0.05) is 13.8 Å². The van der Waals surface area contributed by atoms with Crippen molar-refractivity contribution in [2.45, 2.75) is 26.8 Å². The molecule has 19 heavy (non-hydrogen) atoms. The van der Waals surface area contributed by atoms with Gasteiger partial charge in [-0.3, -0.25) is 14.3 Å². The van der Waals surface area contributed by atoms with Crippen molar-refractivity contribution in [2.75, 3.05) is 19.6 Å². The molecule has 0 amide bonds. The van der Waals surface area contributed by atoms with Crippen LogP contribution in [0.25, 0.3) is 0 Å². The summed E-state index contributed by atoms with van der Waals surface area (Å²) in [6.45, 7) is 8.11. The monoisotopic (exact) mass is 269 g/mol. The molecular weight excluding hydrogens is 250 g/mol. The maximum Gasteiger partial charge on any atom is 0.342 e. The number of carboxylic acid groups (broad SMARTS) is 1. The molecule has 0 aliphatic rings. The number of rotatable bonds is 6. The topological polar surface area (TPSA) is 95.4 Å². The van der Waals surface area contributed by atoms with Crippen LogP contribution in [0.15, 0.2) is 15.8 Å². The van der Waals surface area contributed by atoms with Gasteiger partial charge in [0.2, 0.25) is 0 Å². The van der Waals surface area contributed by atoms with E-state index in [0.29, 0.717) is 6.54 Å². The second kappa shape index (κ2) is 6.33. The number of nitrogens with one attached hydrogen (secondary N) is 1. The third-order valence-electron chi connectivity index (χ3n) is 3.09. The summed E-state index contributed by atoms with van der Waals surface area (Å²) in [4.78, 5) is 38.1. The summed E-state index contributed by atoms with van der Waals surface area (Å²) in [5.41, 5.74) is -1.88. The number of hydrogen-bond acceptors (Lipinski definition) is 4. The Labute approximate surface area is 110 Å². The number of likely N-dealkylation sites (N-methyl/N-ethyl adjacent to an activating group) is 1. The third-order valence-corrected chi connectivity index (χ3v) is 3.09. The SMILES string of the molecule is CCN(CC)CC(C)n1cc(C(=O)O)c(=O)[nH]c1=O. The van der Waals surface area contributed by atoms with Crippen LogP contribution < -0.4 is 11.2 Å². The van der Waals surface area contributed by atoms with E-state index in [1.165, 1.54) is 4.57 Å². The Morgan fingerprint density at radius 1 is 1.42 bits per heavy atom. The molecule has 1 rings (SSSR count). The number of aromatic amines is 1. The Morgan fingerprint density at radius 2 is 2.00 bits per heavy atom. The van der Waals surface area contributed by atoms with E-state index >= 15 is 0 Å². The van der Waals surface area contributed by atoms with Gasteiger partial charge in [0.15, 0.2) is 0 Å². The van der Waals surface area contributed by atoms with Crippen LogP contribution in [-0.4, -0.2) is 45.2 Å². The molecule has 0 bridgehead atoms. The molecule has 0 radical (unpaired) electrons. The highest BCUT2D eigenvalue weighted by Crippen LogP contribution is 2.05. The first-order valence-corrected chi connectivity index (χ1v) is 6.21. The molecular formula is C12H19N3O4. The van der Waals surface area contributed by atoms with Gasteiger partial charge in [0.25, 0.3) is 5.56 Å². The quantitative estimate of drug-likeness (QED) is 0.765. The summed E-state index contributed by atoms with van der Waals surface area (Å²) in [6.07, 6.45) is 1.11. The molecule has 0 aliphatic heterocycles. The Hall–Kier alpha value is -1.89. The summed E-state index contributed by atoms with van der Waals surface area (Å²) < 4.78 is 1.25. The fraction of sp³-hybridized carbons (Fsp3) is 0.583. The smallest absolute Gasteiger partial charge is 0.342 e. The first kappa shape index (κ1) is 15.2. The van der Waals surface area contributed by atoms with Gasteiger partial charge in [0.1, 0.15) is 5.56 Å². The molecule has 0 saturated heterocycles. The Morgan fingerprint density at radius 3 is 2.47 bits per heavy atom. The Balaban J connectivity index is 3.13. The van der Waals surface area contributed by atoms with Crippen molar-refractivity contribution in [1.82, 2.24) is 14.5 Å². The first-order chi connectivity index (χ1) is 8.90. The molecule has 0 fully saturated rings. The average molecular weight is 269 g/mol. The number of H-pyrrole nitrogens is 1. The molecule has 1 atom stereocenters. The van der Waals surface area contributed by atoms with Crippen LogP contribution in [0.5, 0.6) is 0 Å². The molecule has 0 saturated carbocycles. The van der Waals surface area contributed by atoms with Crippen molar-refractivity contribution in [3.8, 4) is 0 Å². The summed E-state index contributed by atoms with van der Waals surface area (Å²) in [5, 5.41) is 8.89. The normalized spacial score (nSPS) is 12.6. The van der Waals surface area contributed by atoms with Crippen molar-refractivity contribution < 1.29 is 9.90 Å². The number of hydrogen-bond donors (Lipinski definition) is 2. The zero-order valence-electron chi connectivity index (χ0n) is 11.3. The summed E-state index contributed by atoms with van der Waals surface area (Å²) in [5.74, 6) is -1.34. The first-order valence-electron chi connectivity index (χ1n) is 6.21. The molecule has 7 nitrogen and oxygen atoms in total. The highest BCUT2D eigenvalue weighted by atomic mass is 16.4. The molecule has 1 aromatic heterocycles. The lowest BCUT2D eigenvalue weighted by molar-refractivity contribution is 0.0693. The maximum atomic E-state index is 11.7. The Bertz CT molecular complexity index is 557. The van der Waals surface area contributed by atoms with Crippen LogP contribution in [0.3, 0.4) is 0 Å². The van der Waals surface area contributed by atoms with Gasteiger partial charge >= 0.3 is 11.7 Å². The summed E-state index contributed by atoms with van der Waals surface area (Å²) >= 11 is 0. The van der Waals surface area contributed by atoms with E-state index in [1.54, 1.807) is 0 Å². The molecule has 1 unspecified atom stereocenters. The fourth-order valence-electron chi connectivity index (χ4n) is 1.91. The van der Waals surface area contributed by atoms with Gasteiger partial charge in [-0.15, -0.1) is 0 Å². The van der Waals surface area contributed by atoms with Crippen molar-refractivity contribution >= 4 is 5.97 Å². The lowest BCUT2D eigenvalue weighted by Gasteiger charge is -2.23. The molecule has 0 spiro atoms. The summed E-state index contributed by atoms with van der Waals surface area (Å²) in [7, 11) is 0. The van der Waals surface area contributed by atoms with E-state index in [-0.39, 0.29) is 6.04 Å². The minimum atomic E-state index is -1.34. The molecule has 7 heteroatoms. The second-order valence-electron chi connectivity index (χ2n) is 4.35. The van der Waals surface area contributed by atoms with Gasteiger partial charge in [-0.2, -0.15) is 0 Å². The predicted molar refractivity (Wildman–Crippen MR) is 70.8 cm³/mol. The molecule has 2 N–H and O–H groups in total. The van der Waals surface area contributed by atoms with E-state index in [0.717, 1.165) is 19.3 Å². The highest BCUT2D eigenvalue weighted by molar-refractivity contribution is 5.86. The number of aromatic carboxylic acids is 1. The van der Waals surface area contributed by atoms with Gasteiger partial charge in [0, 0.05) is 18.8 Å². The molecule has 106 valence electrons. The largest absolute Gasteiger partial charge is 0.477 e. The van der Waals surface area contributed by atoms with E-state index in [1.807, 2.05) is 25.8 Å².